The lowest BCUT2D eigenvalue weighted by Crippen LogP contribution is -2.43. The number of benzene rings is 2. The molecule has 0 bridgehead atoms. The van der Waals surface area contributed by atoms with Crippen LogP contribution in [0.2, 0.25) is 0 Å². The van der Waals surface area contributed by atoms with Crippen molar-refractivity contribution in [3.63, 3.8) is 0 Å². The van der Waals surface area contributed by atoms with Crippen molar-refractivity contribution in [2.45, 2.75) is 38.1 Å². The number of imide groups is 1. The summed E-state index contributed by atoms with van der Waals surface area (Å²) in [6.45, 7) is 2.75. The van der Waals surface area contributed by atoms with Crippen molar-refractivity contribution in [2.24, 2.45) is 0 Å². The first-order chi connectivity index (χ1) is 16.9. The number of rotatable bonds is 10. The van der Waals surface area contributed by atoms with Gasteiger partial charge in [0.2, 0.25) is 17.7 Å². The molecule has 0 radical (unpaired) electrons. The van der Waals surface area contributed by atoms with E-state index in [1.54, 1.807) is 13.2 Å². The van der Waals surface area contributed by atoms with Crippen LogP contribution in [-0.4, -0.2) is 48.0 Å². The quantitative estimate of drug-likeness (QED) is 0.356. The summed E-state index contributed by atoms with van der Waals surface area (Å²) in [5, 5.41) is 6.88. The Hall–Kier alpha value is -3.78. The smallest absolute Gasteiger partial charge is 0.240 e. The Morgan fingerprint density at radius 1 is 1.14 bits per heavy atom. The summed E-state index contributed by atoms with van der Waals surface area (Å²) in [5.41, 5.74) is 1.79. The number of likely N-dealkylation sites (tertiary alicyclic amines) is 1. The number of methoxy groups -OCH3 is 1. The summed E-state index contributed by atoms with van der Waals surface area (Å²) in [7, 11) is 1.58. The number of carbonyl (C=O) groups excluding carboxylic acids is 3. The zero-order valence-electron chi connectivity index (χ0n) is 20.0. The van der Waals surface area contributed by atoms with Gasteiger partial charge in [-0.2, -0.15) is 0 Å². The fourth-order valence-corrected chi connectivity index (χ4v) is 4.61. The van der Waals surface area contributed by atoms with Crippen LogP contribution >= 0.6 is 0 Å². The van der Waals surface area contributed by atoms with Crippen LogP contribution in [0.1, 0.15) is 36.1 Å². The van der Waals surface area contributed by atoms with Crippen LogP contribution in [0, 0.1) is 6.92 Å². The Balaban J connectivity index is 1.51. The normalized spacial score (nSPS) is 17.7. The van der Waals surface area contributed by atoms with Gasteiger partial charge in [-0.15, -0.1) is 0 Å². The van der Waals surface area contributed by atoms with Crippen molar-refractivity contribution in [3.05, 3.63) is 77.5 Å². The first-order valence-electron chi connectivity index (χ1n) is 11.6. The van der Waals surface area contributed by atoms with Gasteiger partial charge in [0, 0.05) is 44.7 Å². The lowest BCUT2D eigenvalue weighted by molar-refractivity contribution is -0.141. The van der Waals surface area contributed by atoms with E-state index in [2.05, 4.69) is 10.5 Å². The van der Waals surface area contributed by atoms with Crippen molar-refractivity contribution in [1.29, 1.82) is 0 Å². The third-order valence-corrected chi connectivity index (χ3v) is 6.35. The maximum absolute atomic E-state index is 13.6. The SMILES string of the molecule is COCCCN1C(=O)CC(CC(=O)NCc2cc(-c3ccccc3)on2)(c2ccccc2C)C1=O. The maximum atomic E-state index is 13.6. The molecule has 8 nitrogen and oxygen atoms in total. The van der Waals surface area contributed by atoms with Crippen molar-refractivity contribution < 1.29 is 23.6 Å². The molecule has 1 aliphatic heterocycles. The molecule has 2 aromatic carbocycles. The molecule has 4 rings (SSSR count). The van der Waals surface area contributed by atoms with E-state index in [0.29, 0.717) is 30.0 Å². The molecule has 8 heteroatoms. The van der Waals surface area contributed by atoms with E-state index in [0.717, 1.165) is 11.1 Å². The fraction of sp³-hybridized carbons (Fsp3) is 0.333. The van der Waals surface area contributed by atoms with Crippen LogP contribution in [0.15, 0.2) is 65.2 Å². The summed E-state index contributed by atoms with van der Waals surface area (Å²) in [5.74, 6) is -0.339. The van der Waals surface area contributed by atoms with E-state index in [-0.39, 0.29) is 43.7 Å². The Bertz CT molecular complexity index is 1210. The van der Waals surface area contributed by atoms with Gasteiger partial charge >= 0.3 is 0 Å². The third-order valence-electron chi connectivity index (χ3n) is 6.35. The zero-order valence-corrected chi connectivity index (χ0v) is 20.0. The van der Waals surface area contributed by atoms with Gasteiger partial charge in [0.15, 0.2) is 5.76 Å². The monoisotopic (exact) mass is 475 g/mol. The molecule has 1 atom stereocenters. The zero-order chi connectivity index (χ0) is 24.8. The van der Waals surface area contributed by atoms with Crippen LogP contribution in [-0.2, 0) is 31.1 Å². The highest BCUT2D eigenvalue weighted by molar-refractivity contribution is 6.10. The first kappa shape index (κ1) is 24.3. The standard InChI is InChI=1S/C27H29N3O5/c1-19-9-6-7-12-22(19)27(17-25(32)30(26(27)33)13-8-14-34-2)16-24(31)28-18-21-15-23(35-29-21)20-10-4-3-5-11-20/h3-7,9-12,15H,8,13-14,16-18H2,1-2H3,(H,28,31). The van der Waals surface area contributed by atoms with Crippen LogP contribution in [0.4, 0.5) is 0 Å². The summed E-state index contributed by atoms with van der Waals surface area (Å²) in [6, 6.07) is 18.7. The number of amides is 3. The molecular weight excluding hydrogens is 446 g/mol. The topological polar surface area (TPSA) is 102 Å². The van der Waals surface area contributed by atoms with E-state index in [1.807, 2.05) is 61.5 Å². The van der Waals surface area contributed by atoms with E-state index in [9.17, 15) is 14.4 Å². The van der Waals surface area contributed by atoms with Crippen LogP contribution in [0.3, 0.4) is 0 Å². The number of aryl methyl sites for hydroxylation is 1. The average Bonchev–Trinajstić information content (AvgIpc) is 3.43. The largest absolute Gasteiger partial charge is 0.385 e. The van der Waals surface area contributed by atoms with Crippen LogP contribution in [0.5, 0.6) is 0 Å². The number of carbonyl (C=O) groups is 3. The van der Waals surface area contributed by atoms with Gasteiger partial charge in [-0.25, -0.2) is 0 Å². The molecule has 1 fully saturated rings. The minimum atomic E-state index is -1.24. The second kappa shape index (κ2) is 10.7. The van der Waals surface area contributed by atoms with Gasteiger partial charge in [0.05, 0.1) is 12.0 Å². The molecule has 2 heterocycles. The number of hydrogen-bond donors (Lipinski definition) is 1. The average molecular weight is 476 g/mol. The Morgan fingerprint density at radius 2 is 1.89 bits per heavy atom. The Labute approximate surface area is 204 Å². The molecule has 0 aliphatic carbocycles. The minimum absolute atomic E-state index is 0.0425. The van der Waals surface area contributed by atoms with Gasteiger partial charge in [0.1, 0.15) is 5.69 Å². The number of nitrogens with one attached hydrogen (secondary N) is 1. The summed E-state index contributed by atoms with van der Waals surface area (Å²) >= 11 is 0. The first-order valence-corrected chi connectivity index (χ1v) is 11.6. The second-order valence-corrected chi connectivity index (χ2v) is 8.77. The van der Waals surface area contributed by atoms with Gasteiger partial charge in [0.25, 0.3) is 0 Å². The van der Waals surface area contributed by atoms with Gasteiger partial charge < -0.3 is 14.6 Å². The second-order valence-electron chi connectivity index (χ2n) is 8.77. The number of hydrogen-bond acceptors (Lipinski definition) is 6. The summed E-state index contributed by atoms with van der Waals surface area (Å²) in [4.78, 5) is 40.9. The molecular formula is C27H29N3O5. The molecule has 35 heavy (non-hydrogen) atoms. The molecule has 0 spiro atoms. The molecule has 1 saturated heterocycles. The molecule has 182 valence electrons. The maximum Gasteiger partial charge on any atom is 0.240 e. The predicted molar refractivity (Wildman–Crippen MR) is 129 cm³/mol. The molecule has 1 N–H and O–H groups in total. The van der Waals surface area contributed by atoms with Crippen LogP contribution < -0.4 is 5.32 Å². The predicted octanol–water partition coefficient (Wildman–Crippen LogP) is 3.39. The fourth-order valence-electron chi connectivity index (χ4n) is 4.61. The van der Waals surface area contributed by atoms with Gasteiger partial charge in [-0.1, -0.05) is 59.8 Å². The molecule has 1 unspecified atom stereocenters. The van der Waals surface area contributed by atoms with Crippen molar-refractivity contribution >= 4 is 17.7 Å². The lowest BCUT2D eigenvalue weighted by Gasteiger charge is -2.28. The van der Waals surface area contributed by atoms with E-state index >= 15 is 0 Å². The number of nitrogens with zero attached hydrogens (tertiary/aromatic N) is 2. The highest BCUT2D eigenvalue weighted by atomic mass is 16.5. The molecule has 3 aromatic rings. The molecule has 1 aromatic heterocycles. The minimum Gasteiger partial charge on any atom is -0.385 e. The third kappa shape index (κ3) is 5.17. The summed E-state index contributed by atoms with van der Waals surface area (Å²) in [6.07, 6.45) is 0.367. The van der Waals surface area contributed by atoms with E-state index in [1.165, 1.54) is 4.90 Å². The van der Waals surface area contributed by atoms with Crippen molar-refractivity contribution in [3.8, 4) is 11.3 Å². The van der Waals surface area contributed by atoms with Crippen molar-refractivity contribution in [2.75, 3.05) is 20.3 Å². The molecule has 1 aliphatic rings. The highest BCUT2D eigenvalue weighted by Crippen LogP contribution is 2.41. The molecule has 0 saturated carbocycles. The number of ether oxygens (including phenoxy) is 1. The van der Waals surface area contributed by atoms with E-state index < -0.39 is 5.41 Å². The number of aromatic nitrogens is 1. The van der Waals surface area contributed by atoms with Crippen molar-refractivity contribution in [1.82, 2.24) is 15.4 Å². The lowest BCUT2D eigenvalue weighted by atomic mass is 9.74. The highest BCUT2D eigenvalue weighted by Gasteiger charge is 2.53. The summed E-state index contributed by atoms with van der Waals surface area (Å²) < 4.78 is 10.5. The van der Waals surface area contributed by atoms with Crippen LogP contribution in [0.25, 0.3) is 11.3 Å². The van der Waals surface area contributed by atoms with Gasteiger partial charge in [-0.3, -0.25) is 19.3 Å². The van der Waals surface area contributed by atoms with Gasteiger partial charge in [-0.05, 0) is 24.5 Å². The van der Waals surface area contributed by atoms with E-state index in [4.69, 9.17) is 9.26 Å². The molecule has 3 amide bonds. The Kier molecular flexibility index (Phi) is 7.41. The Morgan fingerprint density at radius 3 is 2.63 bits per heavy atom.